The van der Waals surface area contributed by atoms with Gasteiger partial charge in [0.1, 0.15) is 5.76 Å². The van der Waals surface area contributed by atoms with Gasteiger partial charge in [0, 0.05) is 18.4 Å². The number of anilines is 1. The van der Waals surface area contributed by atoms with Crippen molar-refractivity contribution < 1.29 is 14.0 Å². The van der Waals surface area contributed by atoms with Crippen molar-refractivity contribution in [2.45, 2.75) is 13.0 Å². The number of fused-ring (bicyclic) bond motifs is 2. The van der Waals surface area contributed by atoms with Crippen LogP contribution in [0.1, 0.15) is 32.4 Å². The molecule has 7 nitrogen and oxygen atoms in total. The highest BCUT2D eigenvalue weighted by atomic mass is 16.3. The zero-order chi connectivity index (χ0) is 19.8. The monoisotopic (exact) mass is 386 g/mol. The van der Waals surface area contributed by atoms with Crippen LogP contribution in [0.2, 0.25) is 0 Å². The van der Waals surface area contributed by atoms with Crippen LogP contribution in [-0.4, -0.2) is 27.7 Å². The van der Waals surface area contributed by atoms with Crippen LogP contribution in [0.25, 0.3) is 5.52 Å². The Bertz CT molecular complexity index is 1210. The number of amides is 2. The van der Waals surface area contributed by atoms with Crippen molar-refractivity contribution in [1.29, 1.82) is 0 Å². The lowest BCUT2D eigenvalue weighted by atomic mass is 10.2. The highest BCUT2D eigenvalue weighted by Crippen LogP contribution is 2.29. The van der Waals surface area contributed by atoms with E-state index in [1.54, 1.807) is 40.0 Å². The maximum Gasteiger partial charge on any atom is 0.294 e. The van der Waals surface area contributed by atoms with E-state index >= 15 is 0 Å². The van der Waals surface area contributed by atoms with Crippen LogP contribution in [-0.2, 0) is 13.0 Å². The van der Waals surface area contributed by atoms with Crippen molar-refractivity contribution >= 4 is 23.0 Å². The average Bonchev–Trinajstić information content (AvgIpc) is 3.50. The van der Waals surface area contributed by atoms with Crippen molar-refractivity contribution in [1.82, 2.24) is 14.7 Å². The van der Waals surface area contributed by atoms with Crippen LogP contribution in [0, 0.1) is 0 Å². The van der Waals surface area contributed by atoms with Gasteiger partial charge < -0.3 is 14.6 Å². The molecule has 0 saturated heterocycles. The van der Waals surface area contributed by atoms with E-state index in [4.69, 9.17) is 4.42 Å². The van der Waals surface area contributed by atoms with Gasteiger partial charge in [-0.3, -0.25) is 14.0 Å². The van der Waals surface area contributed by atoms with Crippen molar-refractivity contribution in [2.75, 3.05) is 11.4 Å². The zero-order valence-electron chi connectivity index (χ0n) is 15.5. The number of nitrogens with one attached hydrogen (secondary N) is 1. The second-order valence-electron chi connectivity index (χ2n) is 6.84. The number of benzene rings is 1. The Hall–Kier alpha value is -3.87. The zero-order valence-corrected chi connectivity index (χ0v) is 15.5. The standard InChI is InChI=1S/C22H18N4O3/c27-21(23-14-16-7-5-13-29-16)19-18-9-3-4-11-25(18)20(24-19)22(28)26-12-10-15-6-1-2-8-17(15)26/h1-9,11,13H,10,12,14H2,(H,23,27). The normalized spacial score (nSPS) is 12.9. The van der Waals surface area contributed by atoms with Crippen molar-refractivity contribution in [2.24, 2.45) is 0 Å². The summed E-state index contributed by atoms with van der Waals surface area (Å²) >= 11 is 0. The fraction of sp³-hybridized carbons (Fsp3) is 0.136. The van der Waals surface area contributed by atoms with Crippen LogP contribution in [0.5, 0.6) is 0 Å². The second-order valence-corrected chi connectivity index (χ2v) is 6.84. The largest absolute Gasteiger partial charge is 0.467 e. The van der Waals surface area contributed by atoms with E-state index in [1.807, 2.05) is 36.4 Å². The molecule has 0 aliphatic carbocycles. The van der Waals surface area contributed by atoms with Crippen molar-refractivity contribution in [3.8, 4) is 0 Å². The molecule has 144 valence electrons. The minimum absolute atomic E-state index is 0.216. The molecular weight excluding hydrogens is 368 g/mol. The summed E-state index contributed by atoms with van der Waals surface area (Å²) < 4.78 is 6.92. The number of rotatable bonds is 4. The summed E-state index contributed by atoms with van der Waals surface area (Å²) in [6.45, 7) is 0.848. The third kappa shape index (κ3) is 2.97. The highest BCUT2D eigenvalue weighted by Gasteiger charge is 2.29. The second kappa shape index (κ2) is 6.94. The van der Waals surface area contributed by atoms with E-state index < -0.39 is 0 Å². The molecule has 1 aromatic carbocycles. The van der Waals surface area contributed by atoms with E-state index in [2.05, 4.69) is 10.3 Å². The number of imidazole rings is 1. The predicted molar refractivity (Wildman–Crippen MR) is 107 cm³/mol. The van der Waals surface area contributed by atoms with Crippen LogP contribution in [0.15, 0.2) is 71.5 Å². The number of nitrogens with zero attached hydrogens (tertiary/aromatic N) is 3. The molecule has 0 fully saturated rings. The minimum atomic E-state index is -0.356. The third-order valence-electron chi connectivity index (χ3n) is 5.09. The molecule has 1 aliphatic rings. The number of pyridine rings is 1. The molecule has 1 aliphatic heterocycles. The van der Waals surface area contributed by atoms with Gasteiger partial charge in [0.2, 0.25) is 5.82 Å². The summed E-state index contributed by atoms with van der Waals surface area (Å²) in [5, 5.41) is 2.80. The summed E-state index contributed by atoms with van der Waals surface area (Å²) in [6.07, 6.45) is 4.11. The SMILES string of the molecule is O=C(NCc1ccco1)c1nc(C(=O)N2CCc3ccccc32)n2ccccc12. The Morgan fingerprint density at radius 2 is 1.93 bits per heavy atom. The molecule has 4 aromatic rings. The Kier molecular flexibility index (Phi) is 4.13. The van der Waals surface area contributed by atoms with E-state index in [0.29, 0.717) is 17.8 Å². The first-order chi connectivity index (χ1) is 14.2. The molecule has 0 atom stereocenters. The van der Waals surface area contributed by atoms with E-state index in [9.17, 15) is 9.59 Å². The topological polar surface area (TPSA) is 79.8 Å². The molecule has 3 aromatic heterocycles. The molecule has 29 heavy (non-hydrogen) atoms. The number of furan rings is 1. The number of para-hydroxylation sites is 1. The summed E-state index contributed by atoms with van der Waals surface area (Å²) in [4.78, 5) is 32.2. The van der Waals surface area contributed by atoms with Gasteiger partial charge in [-0.1, -0.05) is 24.3 Å². The molecule has 0 unspecified atom stereocenters. The average molecular weight is 386 g/mol. The van der Waals surface area contributed by atoms with Crippen LogP contribution in [0.4, 0.5) is 5.69 Å². The first-order valence-corrected chi connectivity index (χ1v) is 9.40. The maximum absolute atomic E-state index is 13.3. The predicted octanol–water partition coefficient (Wildman–Crippen LogP) is 3.06. The molecule has 0 bridgehead atoms. The molecule has 7 heteroatoms. The third-order valence-corrected chi connectivity index (χ3v) is 5.09. The van der Waals surface area contributed by atoms with Gasteiger partial charge in [0.15, 0.2) is 5.69 Å². The highest BCUT2D eigenvalue weighted by molar-refractivity contribution is 6.08. The Balaban J connectivity index is 1.49. The maximum atomic E-state index is 13.3. The first-order valence-electron chi connectivity index (χ1n) is 9.40. The molecule has 0 saturated carbocycles. The van der Waals surface area contributed by atoms with Gasteiger partial charge >= 0.3 is 0 Å². The molecule has 0 spiro atoms. The van der Waals surface area contributed by atoms with E-state index in [1.165, 1.54) is 0 Å². The van der Waals surface area contributed by atoms with Gasteiger partial charge in [-0.2, -0.15) is 0 Å². The molecule has 1 N–H and O–H groups in total. The van der Waals surface area contributed by atoms with Gasteiger partial charge in [0.05, 0.1) is 18.3 Å². The summed E-state index contributed by atoms with van der Waals surface area (Å²) in [5.41, 5.74) is 2.83. The first kappa shape index (κ1) is 17.2. The lowest BCUT2D eigenvalue weighted by molar-refractivity contribution is 0.0945. The van der Waals surface area contributed by atoms with Gasteiger partial charge in [0.25, 0.3) is 11.8 Å². The summed E-state index contributed by atoms with van der Waals surface area (Å²) in [6, 6.07) is 16.8. The van der Waals surface area contributed by atoms with E-state index in [0.717, 1.165) is 17.7 Å². The van der Waals surface area contributed by atoms with Crippen LogP contribution >= 0.6 is 0 Å². The Labute approximate surface area is 166 Å². The number of carbonyl (C=O) groups is 2. The molecule has 4 heterocycles. The van der Waals surface area contributed by atoms with Crippen molar-refractivity contribution in [3.05, 3.63) is 89.9 Å². The lowest BCUT2D eigenvalue weighted by Gasteiger charge is -2.16. The molecule has 2 amide bonds. The molecule has 0 radical (unpaired) electrons. The number of aromatic nitrogens is 2. The number of carbonyl (C=O) groups excluding carboxylic acids is 2. The molecular formula is C22H18N4O3. The minimum Gasteiger partial charge on any atom is -0.467 e. The van der Waals surface area contributed by atoms with Gasteiger partial charge in [-0.25, -0.2) is 4.98 Å². The quantitative estimate of drug-likeness (QED) is 0.585. The molecule has 5 rings (SSSR count). The Morgan fingerprint density at radius 3 is 2.79 bits per heavy atom. The van der Waals surface area contributed by atoms with Gasteiger partial charge in [-0.15, -0.1) is 0 Å². The number of hydrogen-bond acceptors (Lipinski definition) is 4. The summed E-state index contributed by atoms with van der Waals surface area (Å²) in [5.74, 6) is 0.291. The van der Waals surface area contributed by atoms with Gasteiger partial charge in [-0.05, 0) is 42.3 Å². The fourth-order valence-corrected chi connectivity index (χ4v) is 3.69. The fourth-order valence-electron chi connectivity index (χ4n) is 3.69. The van der Waals surface area contributed by atoms with Crippen LogP contribution < -0.4 is 10.2 Å². The van der Waals surface area contributed by atoms with E-state index in [-0.39, 0.29) is 29.9 Å². The smallest absolute Gasteiger partial charge is 0.294 e. The van der Waals surface area contributed by atoms with Crippen molar-refractivity contribution in [3.63, 3.8) is 0 Å². The number of hydrogen-bond donors (Lipinski definition) is 1. The van der Waals surface area contributed by atoms with Crippen LogP contribution in [0.3, 0.4) is 0 Å². The summed E-state index contributed by atoms with van der Waals surface area (Å²) in [7, 11) is 0. The lowest BCUT2D eigenvalue weighted by Crippen LogP contribution is -2.30. The Morgan fingerprint density at radius 1 is 1.07 bits per heavy atom.